The Bertz CT molecular complexity index is 1040. The maximum absolute atomic E-state index is 12.9. The Morgan fingerprint density at radius 1 is 1.07 bits per heavy atom. The molecule has 0 saturated heterocycles. The summed E-state index contributed by atoms with van der Waals surface area (Å²) in [4.78, 5) is 32.7. The molecule has 7 nitrogen and oxygen atoms in total. The minimum absolute atomic E-state index is 0.0812. The second kappa shape index (κ2) is 5.70. The number of nitrogens with one attached hydrogen (secondary N) is 1. The van der Waals surface area contributed by atoms with Crippen molar-refractivity contribution < 1.29 is 4.79 Å². The van der Waals surface area contributed by atoms with Crippen molar-refractivity contribution in [2.45, 2.75) is 44.2 Å². The third-order valence-corrected chi connectivity index (χ3v) is 5.53. The number of hydrogen-bond acceptors (Lipinski definition) is 6. The fraction of sp³-hybridized carbons (Fsp3) is 0.350. The Hall–Kier alpha value is -3.09. The third kappa shape index (κ3) is 2.45. The topological polar surface area (TPSA) is 83.9 Å². The molecule has 1 N–H and O–H groups in total. The largest absolute Gasteiger partial charge is 0.366 e. The molecule has 27 heavy (non-hydrogen) atoms. The first-order chi connectivity index (χ1) is 13.0. The van der Waals surface area contributed by atoms with E-state index in [1.165, 1.54) is 0 Å². The van der Waals surface area contributed by atoms with Crippen molar-refractivity contribution in [3.05, 3.63) is 48.5 Å². The number of aromatic nitrogens is 4. The van der Waals surface area contributed by atoms with Crippen LogP contribution in [0.3, 0.4) is 0 Å². The molecule has 0 bridgehead atoms. The predicted octanol–water partition coefficient (Wildman–Crippen LogP) is 2.69. The van der Waals surface area contributed by atoms with Crippen LogP contribution in [0.2, 0.25) is 0 Å². The normalized spacial score (nSPS) is 23.2. The van der Waals surface area contributed by atoms with E-state index >= 15 is 0 Å². The highest BCUT2D eigenvalue weighted by molar-refractivity contribution is 6.06. The minimum atomic E-state index is -0.619. The standard InChI is InChI=1S/C20H20N6O/c1-20(2)17-18(22-8-7-21-17)26(19(20)27)13-9-12(10-13)24-16-11-23-14-5-3-4-6-15(14)25-16/h3-8,11-13H,9-10H2,1-2H3,(H,24,25). The van der Waals surface area contributed by atoms with Crippen LogP contribution >= 0.6 is 0 Å². The van der Waals surface area contributed by atoms with E-state index in [0.29, 0.717) is 5.82 Å². The van der Waals surface area contributed by atoms with Crippen molar-refractivity contribution in [1.29, 1.82) is 0 Å². The molecule has 1 saturated carbocycles. The number of fused-ring (bicyclic) bond motifs is 2. The van der Waals surface area contributed by atoms with E-state index < -0.39 is 5.41 Å². The van der Waals surface area contributed by atoms with Crippen molar-refractivity contribution in [2.75, 3.05) is 10.2 Å². The zero-order valence-corrected chi connectivity index (χ0v) is 15.3. The SMILES string of the molecule is CC1(C)C(=O)N(C2CC(Nc3cnc4ccccc4n3)C2)c2nccnc21. The molecule has 1 amide bonds. The van der Waals surface area contributed by atoms with Gasteiger partial charge in [0, 0.05) is 24.5 Å². The highest BCUT2D eigenvalue weighted by atomic mass is 16.2. The Labute approximate surface area is 156 Å². The molecule has 3 aromatic rings. The lowest BCUT2D eigenvalue weighted by atomic mass is 9.84. The van der Waals surface area contributed by atoms with Gasteiger partial charge in [-0.1, -0.05) is 12.1 Å². The van der Waals surface area contributed by atoms with Crippen molar-refractivity contribution in [3.63, 3.8) is 0 Å². The predicted molar refractivity (Wildman–Crippen MR) is 103 cm³/mol. The molecular formula is C20H20N6O. The summed E-state index contributed by atoms with van der Waals surface area (Å²) in [5.74, 6) is 1.56. The lowest BCUT2D eigenvalue weighted by molar-refractivity contribution is -0.123. The highest BCUT2D eigenvalue weighted by Crippen LogP contribution is 2.43. The second-order valence-corrected chi connectivity index (χ2v) is 7.74. The number of para-hydroxylation sites is 2. The zero-order chi connectivity index (χ0) is 18.6. The molecule has 3 heterocycles. The van der Waals surface area contributed by atoms with Crippen LogP contribution in [0.5, 0.6) is 0 Å². The summed E-state index contributed by atoms with van der Waals surface area (Å²) in [5, 5.41) is 3.44. The molecule has 0 radical (unpaired) electrons. The monoisotopic (exact) mass is 360 g/mol. The maximum atomic E-state index is 12.9. The summed E-state index contributed by atoms with van der Waals surface area (Å²) in [6, 6.07) is 8.22. The van der Waals surface area contributed by atoms with Gasteiger partial charge in [-0.2, -0.15) is 0 Å². The van der Waals surface area contributed by atoms with Crippen LogP contribution in [0.4, 0.5) is 11.6 Å². The average molecular weight is 360 g/mol. The Morgan fingerprint density at radius 3 is 2.63 bits per heavy atom. The van der Waals surface area contributed by atoms with E-state index in [9.17, 15) is 4.79 Å². The Kier molecular flexibility index (Phi) is 3.40. The third-order valence-electron chi connectivity index (χ3n) is 5.53. The molecule has 2 aliphatic rings. The van der Waals surface area contributed by atoms with Gasteiger partial charge in [-0.15, -0.1) is 0 Å². The summed E-state index contributed by atoms with van der Waals surface area (Å²) in [6.45, 7) is 3.84. The molecule has 1 aliphatic carbocycles. The lowest BCUT2D eigenvalue weighted by Crippen LogP contribution is -2.53. The van der Waals surface area contributed by atoms with E-state index in [4.69, 9.17) is 0 Å². The minimum Gasteiger partial charge on any atom is -0.366 e. The van der Waals surface area contributed by atoms with Gasteiger partial charge in [-0.05, 0) is 38.8 Å². The van der Waals surface area contributed by atoms with Crippen molar-refractivity contribution in [2.24, 2.45) is 0 Å². The van der Waals surface area contributed by atoms with Gasteiger partial charge >= 0.3 is 0 Å². The molecule has 5 rings (SSSR count). The number of amides is 1. The first-order valence-corrected chi connectivity index (χ1v) is 9.17. The lowest BCUT2D eigenvalue weighted by Gasteiger charge is -2.41. The average Bonchev–Trinajstić information content (AvgIpc) is 2.85. The number of carbonyl (C=O) groups is 1. The van der Waals surface area contributed by atoms with E-state index in [0.717, 1.165) is 35.4 Å². The molecule has 1 aliphatic heterocycles. The number of carbonyl (C=O) groups excluding carboxylic acids is 1. The van der Waals surface area contributed by atoms with Crippen molar-refractivity contribution in [3.8, 4) is 0 Å². The second-order valence-electron chi connectivity index (χ2n) is 7.74. The van der Waals surface area contributed by atoms with Gasteiger partial charge in [0.25, 0.3) is 0 Å². The zero-order valence-electron chi connectivity index (χ0n) is 15.3. The Morgan fingerprint density at radius 2 is 1.81 bits per heavy atom. The summed E-state index contributed by atoms with van der Waals surface area (Å²) >= 11 is 0. The van der Waals surface area contributed by atoms with E-state index in [2.05, 4.69) is 25.3 Å². The molecule has 2 aromatic heterocycles. The van der Waals surface area contributed by atoms with Crippen LogP contribution in [0.1, 0.15) is 32.4 Å². The van der Waals surface area contributed by atoms with Crippen LogP contribution in [0, 0.1) is 0 Å². The molecular weight excluding hydrogens is 340 g/mol. The van der Waals surface area contributed by atoms with Gasteiger partial charge in [-0.25, -0.2) is 9.97 Å². The molecule has 7 heteroatoms. The number of benzene rings is 1. The summed E-state index contributed by atoms with van der Waals surface area (Å²) in [5.41, 5.74) is 1.91. The van der Waals surface area contributed by atoms with Crippen LogP contribution in [-0.2, 0) is 10.2 Å². The summed E-state index contributed by atoms with van der Waals surface area (Å²) in [7, 11) is 0. The van der Waals surface area contributed by atoms with Crippen LogP contribution in [-0.4, -0.2) is 37.9 Å². The number of hydrogen-bond donors (Lipinski definition) is 1. The van der Waals surface area contributed by atoms with Crippen LogP contribution in [0.25, 0.3) is 11.0 Å². The van der Waals surface area contributed by atoms with Gasteiger partial charge in [-0.3, -0.25) is 19.7 Å². The Balaban J connectivity index is 1.31. The molecule has 136 valence electrons. The van der Waals surface area contributed by atoms with Gasteiger partial charge < -0.3 is 5.32 Å². The highest BCUT2D eigenvalue weighted by Gasteiger charge is 2.51. The fourth-order valence-corrected chi connectivity index (χ4v) is 3.94. The molecule has 1 aromatic carbocycles. The van der Waals surface area contributed by atoms with Crippen molar-refractivity contribution >= 4 is 28.6 Å². The van der Waals surface area contributed by atoms with Gasteiger partial charge in [0.15, 0.2) is 5.82 Å². The van der Waals surface area contributed by atoms with Crippen LogP contribution < -0.4 is 10.2 Å². The fourth-order valence-electron chi connectivity index (χ4n) is 3.94. The first kappa shape index (κ1) is 16.1. The van der Waals surface area contributed by atoms with E-state index in [1.807, 2.05) is 43.0 Å². The number of anilines is 2. The summed E-state index contributed by atoms with van der Waals surface area (Å²) < 4.78 is 0. The van der Waals surface area contributed by atoms with E-state index in [-0.39, 0.29) is 18.0 Å². The molecule has 0 atom stereocenters. The first-order valence-electron chi connectivity index (χ1n) is 9.17. The van der Waals surface area contributed by atoms with E-state index in [1.54, 1.807) is 18.6 Å². The maximum Gasteiger partial charge on any atom is 0.240 e. The summed E-state index contributed by atoms with van der Waals surface area (Å²) in [6.07, 6.45) is 6.78. The van der Waals surface area contributed by atoms with Gasteiger partial charge in [0.2, 0.25) is 5.91 Å². The smallest absolute Gasteiger partial charge is 0.240 e. The van der Waals surface area contributed by atoms with Gasteiger partial charge in [0.1, 0.15) is 5.82 Å². The molecule has 0 unspecified atom stereocenters. The van der Waals surface area contributed by atoms with Gasteiger partial charge in [0.05, 0.1) is 28.3 Å². The molecule has 0 spiro atoms. The number of rotatable bonds is 3. The van der Waals surface area contributed by atoms with Crippen LogP contribution in [0.15, 0.2) is 42.9 Å². The number of nitrogens with zero attached hydrogens (tertiary/aromatic N) is 5. The quantitative estimate of drug-likeness (QED) is 0.773. The molecule has 1 fully saturated rings. The van der Waals surface area contributed by atoms with Crippen molar-refractivity contribution in [1.82, 2.24) is 19.9 Å².